The van der Waals surface area contributed by atoms with Gasteiger partial charge in [-0.15, -0.1) is 11.8 Å². The topological polar surface area (TPSA) is 18.5 Å². The van der Waals surface area contributed by atoms with Gasteiger partial charge >= 0.3 is 7.12 Å². The molecule has 0 amide bonds. The van der Waals surface area contributed by atoms with E-state index in [0.717, 1.165) is 16.8 Å². The number of benzene rings is 1. The summed E-state index contributed by atoms with van der Waals surface area (Å²) in [6, 6.07) is 6.46. The lowest BCUT2D eigenvalue weighted by Gasteiger charge is -2.32. The summed E-state index contributed by atoms with van der Waals surface area (Å²) < 4.78 is 25.4. The molecular formula is C16H22BFO2S. The van der Waals surface area contributed by atoms with E-state index >= 15 is 0 Å². The van der Waals surface area contributed by atoms with Crippen LogP contribution in [-0.4, -0.2) is 24.1 Å². The predicted octanol–water partition coefficient (Wildman–Crippen LogP) is 4.55. The summed E-state index contributed by atoms with van der Waals surface area (Å²) in [5.41, 5.74) is 1.11. The highest BCUT2D eigenvalue weighted by molar-refractivity contribution is 8.02. The van der Waals surface area contributed by atoms with Gasteiger partial charge in [-0.25, -0.2) is 4.39 Å². The van der Waals surface area contributed by atoms with Gasteiger partial charge in [-0.05, 0) is 62.0 Å². The fraction of sp³-hybridized carbons (Fsp3) is 0.500. The smallest absolute Gasteiger partial charge is 0.399 e. The summed E-state index contributed by atoms with van der Waals surface area (Å²) in [6.07, 6.45) is 0. The van der Waals surface area contributed by atoms with E-state index in [2.05, 4.69) is 12.3 Å². The molecule has 0 atom stereocenters. The summed E-state index contributed by atoms with van der Waals surface area (Å²) in [4.78, 5) is 0. The van der Waals surface area contributed by atoms with E-state index in [1.54, 1.807) is 23.9 Å². The summed E-state index contributed by atoms with van der Waals surface area (Å²) >= 11 is 1.69. The van der Waals surface area contributed by atoms with Gasteiger partial charge in [0.25, 0.3) is 0 Å². The first-order valence-electron chi connectivity index (χ1n) is 7.20. The molecule has 21 heavy (non-hydrogen) atoms. The minimum Gasteiger partial charge on any atom is -0.399 e. The Morgan fingerprint density at radius 3 is 2.14 bits per heavy atom. The zero-order valence-corrected chi connectivity index (χ0v) is 14.1. The maximum absolute atomic E-state index is 13.1. The molecule has 0 N–H and O–H groups in total. The number of halogens is 1. The third-order valence-electron chi connectivity index (χ3n) is 4.06. The van der Waals surface area contributed by atoms with E-state index in [-0.39, 0.29) is 17.0 Å². The van der Waals surface area contributed by atoms with Crippen molar-refractivity contribution in [1.82, 2.24) is 0 Å². The molecule has 114 valence electrons. The van der Waals surface area contributed by atoms with Crippen molar-refractivity contribution < 1.29 is 13.7 Å². The molecule has 5 heteroatoms. The van der Waals surface area contributed by atoms with Gasteiger partial charge in [-0.3, -0.25) is 0 Å². The van der Waals surface area contributed by atoms with Crippen molar-refractivity contribution in [1.29, 1.82) is 0 Å². The summed E-state index contributed by atoms with van der Waals surface area (Å²) in [5, 5.41) is 2.05. The number of thioether (sulfide) groups is 1. The molecule has 2 nitrogen and oxygen atoms in total. The van der Waals surface area contributed by atoms with Crippen molar-refractivity contribution in [3.63, 3.8) is 0 Å². The molecular weight excluding hydrogens is 286 g/mol. The van der Waals surface area contributed by atoms with E-state index in [4.69, 9.17) is 9.31 Å². The van der Waals surface area contributed by atoms with Crippen molar-refractivity contribution in [3.8, 4) is 0 Å². The Morgan fingerprint density at radius 1 is 1.14 bits per heavy atom. The standard InChI is InChI=1S/C16H22BFO2S/c1-6-21-11-14(12-7-9-13(18)10-8-12)17-19-15(2,3)16(4,5)20-17/h7-11H,6H2,1-5H3/b14-11-. The summed E-state index contributed by atoms with van der Waals surface area (Å²) in [5.74, 6) is 0.722. The molecule has 1 aliphatic rings. The van der Waals surface area contributed by atoms with Crippen LogP contribution in [0.1, 0.15) is 40.2 Å². The molecule has 0 aliphatic carbocycles. The molecule has 0 bridgehead atoms. The molecule has 1 fully saturated rings. The van der Waals surface area contributed by atoms with E-state index in [1.165, 1.54) is 12.1 Å². The average molecular weight is 308 g/mol. The monoisotopic (exact) mass is 308 g/mol. The lowest BCUT2D eigenvalue weighted by molar-refractivity contribution is 0.00578. The molecule has 0 saturated carbocycles. The van der Waals surface area contributed by atoms with Crippen LogP contribution < -0.4 is 0 Å². The van der Waals surface area contributed by atoms with Gasteiger partial charge in [-0.1, -0.05) is 19.1 Å². The van der Waals surface area contributed by atoms with Crippen LogP contribution in [0.25, 0.3) is 5.47 Å². The van der Waals surface area contributed by atoms with Gasteiger partial charge in [-0.2, -0.15) is 0 Å². The molecule has 1 aromatic rings. The molecule has 2 rings (SSSR count). The quantitative estimate of drug-likeness (QED) is 0.760. The molecule has 0 radical (unpaired) electrons. The molecule has 1 saturated heterocycles. The number of rotatable bonds is 4. The fourth-order valence-electron chi connectivity index (χ4n) is 2.05. The van der Waals surface area contributed by atoms with Gasteiger partial charge < -0.3 is 9.31 Å². The lowest BCUT2D eigenvalue weighted by atomic mass is 9.75. The normalized spacial score (nSPS) is 20.9. The van der Waals surface area contributed by atoms with Crippen molar-refractivity contribution in [2.45, 2.75) is 45.8 Å². The Hall–Kier alpha value is -0.775. The number of hydrogen-bond acceptors (Lipinski definition) is 3. The second kappa shape index (κ2) is 6.15. The zero-order valence-electron chi connectivity index (χ0n) is 13.3. The fourth-order valence-corrected chi connectivity index (χ4v) is 2.64. The highest BCUT2D eigenvalue weighted by Crippen LogP contribution is 2.41. The second-order valence-corrected chi connectivity index (χ2v) is 7.27. The van der Waals surface area contributed by atoms with E-state index in [9.17, 15) is 4.39 Å². The van der Waals surface area contributed by atoms with Crippen molar-refractivity contribution in [3.05, 3.63) is 41.1 Å². The van der Waals surface area contributed by atoms with Crippen LogP contribution in [0.2, 0.25) is 0 Å². The maximum Gasteiger partial charge on any atom is 0.495 e. The van der Waals surface area contributed by atoms with Crippen LogP contribution in [0.5, 0.6) is 0 Å². The van der Waals surface area contributed by atoms with Gasteiger partial charge in [0.2, 0.25) is 0 Å². The van der Waals surface area contributed by atoms with Crippen molar-refractivity contribution in [2.24, 2.45) is 0 Å². The average Bonchev–Trinajstić information content (AvgIpc) is 2.61. The van der Waals surface area contributed by atoms with E-state index < -0.39 is 7.12 Å². The first kappa shape index (κ1) is 16.6. The Labute approximate surface area is 131 Å². The minimum absolute atomic E-state index is 0.241. The van der Waals surface area contributed by atoms with E-state index in [0.29, 0.717) is 0 Å². The number of hydrogen-bond donors (Lipinski definition) is 0. The van der Waals surface area contributed by atoms with Crippen LogP contribution in [0, 0.1) is 5.82 Å². The van der Waals surface area contributed by atoms with Crippen LogP contribution in [0.15, 0.2) is 29.7 Å². The molecule has 1 heterocycles. The molecule has 1 aliphatic heterocycles. The Bertz CT molecular complexity index is 510. The van der Waals surface area contributed by atoms with Gasteiger partial charge in [0.15, 0.2) is 0 Å². The molecule has 0 spiro atoms. The second-order valence-electron chi connectivity index (χ2n) is 6.12. The SMILES string of the molecule is CCS/C=C(\B1OC(C)(C)C(C)(C)O1)c1ccc(F)cc1. The largest absolute Gasteiger partial charge is 0.495 e. The van der Waals surface area contributed by atoms with Crippen molar-refractivity contribution in [2.75, 3.05) is 5.75 Å². The molecule has 0 unspecified atom stereocenters. The Kier molecular flexibility index (Phi) is 4.86. The van der Waals surface area contributed by atoms with Crippen LogP contribution in [0.3, 0.4) is 0 Å². The first-order valence-corrected chi connectivity index (χ1v) is 8.25. The molecule has 0 aromatic heterocycles. The van der Waals surface area contributed by atoms with Gasteiger partial charge in [0, 0.05) is 0 Å². The third-order valence-corrected chi connectivity index (χ3v) is 4.82. The van der Waals surface area contributed by atoms with Crippen LogP contribution in [0.4, 0.5) is 4.39 Å². The Balaban J connectivity index is 2.32. The Morgan fingerprint density at radius 2 is 1.67 bits per heavy atom. The predicted molar refractivity (Wildman–Crippen MR) is 88.6 cm³/mol. The molecule has 1 aromatic carbocycles. The maximum atomic E-state index is 13.1. The highest BCUT2D eigenvalue weighted by atomic mass is 32.2. The summed E-state index contributed by atoms with van der Waals surface area (Å²) in [7, 11) is -0.431. The van der Waals surface area contributed by atoms with Gasteiger partial charge in [0.1, 0.15) is 5.82 Å². The third kappa shape index (κ3) is 3.53. The lowest BCUT2D eigenvalue weighted by Crippen LogP contribution is -2.41. The van der Waals surface area contributed by atoms with E-state index in [1.807, 2.05) is 27.7 Å². The summed E-state index contributed by atoms with van der Waals surface area (Å²) in [6.45, 7) is 10.2. The zero-order chi connectivity index (χ0) is 15.7. The highest BCUT2D eigenvalue weighted by Gasteiger charge is 2.52. The van der Waals surface area contributed by atoms with Crippen LogP contribution in [-0.2, 0) is 9.31 Å². The van der Waals surface area contributed by atoms with Crippen LogP contribution >= 0.6 is 11.8 Å². The van der Waals surface area contributed by atoms with Gasteiger partial charge in [0.05, 0.1) is 11.2 Å². The van der Waals surface area contributed by atoms with Crippen molar-refractivity contribution >= 4 is 24.4 Å². The first-order chi connectivity index (χ1) is 9.77. The minimum atomic E-state index is -0.431.